The van der Waals surface area contributed by atoms with Crippen LogP contribution in [0.25, 0.3) is 23.0 Å². The molecule has 196 valence electrons. The number of carbonyl (C=O) groups excluding carboxylic acids is 1. The van der Waals surface area contributed by atoms with Gasteiger partial charge in [-0.25, -0.2) is 4.68 Å². The van der Waals surface area contributed by atoms with Crippen LogP contribution in [0.2, 0.25) is 5.02 Å². The topological polar surface area (TPSA) is 79.9 Å². The van der Waals surface area contributed by atoms with Crippen molar-refractivity contribution in [1.29, 1.82) is 5.26 Å². The van der Waals surface area contributed by atoms with Gasteiger partial charge in [0.05, 0.1) is 5.69 Å². The Morgan fingerprint density at radius 1 is 0.925 bits per heavy atom. The van der Waals surface area contributed by atoms with E-state index in [2.05, 4.69) is 5.32 Å². The highest BCUT2D eigenvalue weighted by molar-refractivity contribution is 6.30. The fraction of sp³-hybridized carbons (Fsp3) is 0.0606. The number of benzene rings is 4. The molecule has 0 spiro atoms. The molecule has 0 fully saturated rings. The van der Waals surface area contributed by atoms with Gasteiger partial charge in [0.25, 0.3) is 5.91 Å². The Morgan fingerprint density at radius 3 is 2.38 bits per heavy atom. The molecule has 0 aliphatic rings. The number of nitrogens with zero attached hydrogens (tertiary/aromatic N) is 3. The van der Waals surface area contributed by atoms with Crippen LogP contribution in [0.15, 0.2) is 121 Å². The minimum Gasteiger partial charge on any atom is -0.489 e. The maximum atomic E-state index is 12.9. The number of carbonyl (C=O) groups is 1. The van der Waals surface area contributed by atoms with Crippen LogP contribution in [0.4, 0.5) is 0 Å². The van der Waals surface area contributed by atoms with Crippen LogP contribution in [0.3, 0.4) is 0 Å². The zero-order valence-electron chi connectivity index (χ0n) is 21.5. The smallest absolute Gasteiger partial charge is 0.262 e. The highest BCUT2D eigenvalue weighted by Gasteiger charge is 2.16. The first-order valence-electron chi connectivity index (χ1n) is 12.7. The number of para-hydroxylation sites is 1. The quantitative estimate of drug-likeness (QED) is 0.160. The molecule has 5 aromatic rings. The summed E-state index contributed by atoms with van der Waals surface area (Å²) < 4.78 is 7.77. The number of hydrogen-bond donors (Lipinski definition) is 1. The molecule has 6 nitrogen and oxygen atoms in total. The van der Waals surface area contributed by atoms with Gasteiger partial charge in [-0.1, -0.05) is 84.4 Å². The number of aromatic nitrogens is 2. The molecule has 0 unspecified atom stereocenters. The number of rotatable bonds is 9. The fourth-order valence-corrected chi connectivity index (χ4v) is 4.21. The zero-order valence-corrected chi connectivity index (χ0v) is 22.3. The Hall–Kier alpha value is -5.12. The predicted molar refractivity (Wildman–Crippen MR) is 157 cm³/mol. The molecule has 1 heterocycles. The lowest BCUT2D eigenvalue weighted by Gasteiger charge is -2.08. The number of nitriles is 1. The van der Waals surface area contributed by atoms with Gasteiger partial charge in [-0.05, 0) is 53.6 Å². The number of ether oxygens (including phenoxy) is 1. The van der Waals surface area contributed by atoms with Crippen LogP contribution in [-0.4, -0.2) is 15.7 Å². The van der Waals surface area contributed by atoms with Crippen LogP contribution in [0, 0.1) is 11.3 Å². The Balaban J connectivity index is 1.45. The van der Waals surface area contributed by atoms with Crippen LogP contribution in [-0.2, 0) is 17.9 Å². The number of hydrogen-bond acceptors (Lipinski definition) is 4. The van der Waals surface area contributed by atoms with Crippen LogP contribution in [0.1, 0.15) is 16.7 Å². The Kier molecular flexibility index (Phi) is 8.35. The molecule has 0 aliphatic carbocycles. The second kappa shape index (κ2) is 12.6. The molecule has 0 bridgehead atoms. The van der Waals surface area contributed by atoms with Gasteiger partial charge in [-0.15, -0.1) is 0 Å². The van der Waals surface area contributed by atoms with Crippen LogP contribution < -0.4 is 10.1 Å². The number of halogens is 1. The van der Waals surface area contributed by atoms with Crippen molar-refractivity contribution in [3.8, 4) is 28.8 Å². The molecule has 0 saturated carbocycles. The summed E-state index contributed by atoms with van der Waals surface area (Å²) in [6.07, 6.45) is 3.39. The average Bonchev–Trinajstić information content (AvgIpc) is 3.43. The molecule has 1 N–H and O–H groups in total. The van der Waals surface area contributed by atoms with Crippen molar-refractivity contribution in [1.82, 2.24) is 15.1 Å². The van der Waals surface area contributed by atoms with E-state index in [1.165, 1.54) is 0 Å². The van der Waals surface area contributed by atoms with Crippen molar-refractivity contribution >= 4 is 23.6 Å². The van der Waals surface area contributed by atoms with E-state index < -0.39 is 5.91 Å². The maximum absolute atomic E-state index is 12.9. The van der Waals surface area contributed by atoms with Crippen molar-refractivity contribution in [3.63, 3.8) is 0 Å². The standard InChI is InChI=1S/C33H25ClN4O2/c34-29-16-14-25(15-17-29)23-40-31-13-7-10-26(19-31)32-28(22-38(37-32)30-11-5-2-6-12-30)18-27(20-35)33(39)36-21-24-8-3-1-4-9-24/h1-19,22H,21,23H2,(H,36,39). The summed E-state index contributed by atoms with van der Waals surface area (Å²) in [5.41, 5.74) is 4.81. The van der Waals surface area contributed by atoms with Crippen molar-refractivity contribution < 1.29 is 9.53 Å². The van der Waals surface area contributed by atoms with Gasteiger partial charge in [-0.3, -0.25) is 4.79 Å². The monoisotopic (exact) mass is 544 g/mol. The molecular weight excluding hydrogens is 520 g/mol. The van der Waals surface area contributed by atoms with Crippen molar-refractivity contribution in [2.24, 2.45) is 0 Å². The van der Waals surface area contributed by atoms with Crippen molar-refractivity contribution in [2.75, 3.05) is 0 Å². The normalized spacial score (nSPS) is 11.1. The number of nitrogens with one attached hydrogen (secondary N) is 1. The zero-order chi connectivity index (χ0) is 27.7. The first kappa shape index (κ1) is 26.5. The molecule has 5 rings (SSSR count). The van der Waals surface area contributed by atoms with Gasteiger partial charge in [0.1, 0.15) is 29.7 Å². The first-order chi connectivity index (χ1) is 19.6. The first-order valence-corrected chi connectivity index (χ1v) is 13.0. The molecule has 40 heavy (non-hydrogen) atoms. The van der Waals surface area contributed by atoms with E-state index >= 15 is 0 Å². The molecule has 1 amide bonds. The molecule has 0 aliphatic heterocycles. The van der Waals surface area contributed by atoms with E-state index in [4.69, 9.17) is 21.4 Å². The Labute approximate surface area is 237 Å². The molecule has 4 aromatic carbocycles. The largest absolute Gasteiger partial charge is 0.489 e. The average molecular weight is 545 g/mol. The van der Waals surface area contributed by atoms with Crippen LogP contribution >= 0.6 is 11.6 Å². The summed E-state index contributed by atoms with van der Waals surface area (Å²) in [7, 11) is 0. The van der Waals surface area contributed by atoms with Gasteiger partial charge in [0.15, 0.2) is 0 Å². The van der Waals surface area contributed by atoms with E-state index in [1.807, 2.05) is 121 Å². The summed E-state index contributed by atoms with van der Waals surface area (Å²) in [6, 6.07) is 36.3. The molecule has 0 saturated heterocycles. The minimum absolute atomic E-state index is 0.0139. The molecule has 7 heteroatoms. The molecular formula is C33H25ClN4O2. The van der Waals surface area contributed by atoms with Gasteiger partial charge in [-0.2, -0.15) is 10.4 Å². The second-order valence-corrected chi connectivity index (χ2v) is 9.43. The summed E-state index contributed by atoms with van der Waals surface area (Å²) in [4.78, 5) is 12.9. The van der Waals surface area contributed by atoms with Crippen molar-refractivity contribution in [3.05, 3.63) is 143 Å². The lowest BCUT2D eigenvalue weighted by atomic mass is 10.1. The van der Waals surface area contributed by atoms with E-state index in [-0.39, 0.29) is 5.57 Å². The third kappa shape index (κ3) is 6.65. The van der Waals surface area contributed by atoms with E-state index in [9.17, 15) is 10.1 Å². The third-order valence-corrected chi connectivity index (χ3v) is 6.40. The molecule has 1 aromatic heterocycles. The summed E-state index contributed by atoms with van der Waals surface area (Å²) in [6.45, 7) is 0.702. The van der Waals surface area contributed by atoms with Gasteiger partial charge >= 0.3 is 0 Å². The second-order valence-electron chi connectivity index (χ2n) is 8.99. The lowest BCUT2D eigenvalue weighted by Crippen LogP contribution is -2.23. The highest BCUT2D eigenvalue weighted by atomic mass is 35.5. The fourth-order valence-electron chi connectivity index (χ4n) is 4.09. The van der Waals surface area contributed by atoms with E-state index in [0.717, 1.165) is 22.4 Å². The summed E-state index contributed by atoms with van der Waals surface area (Å²) in [5, 5.41) is 18.2. The third-order valence-electron chi connectivity index (χ3n) is 6.15. The predicted octanol–water partition coefficient (Wildman–Crippen LogP) is 7.00. The lowest BCUT2D eigenvalue weighted by molar-refractivity contribution is -0.117. The van der Waals surface area contributed by atoms with E-state index in [1.54, 1.807) is 10.8 Å². The summed E-state index contributed by atoms with van der Waals surface area (Å²) >= 11 is 5.99. The minimum atomic E-state index is -0.454. The van der Waals surface area contributed by atoms with E-state index in [0.29, 0.717) is 35.2 Å². The SMILES string of the molecule is N#CC(=Cc1cn(-c2ccccc2)nc1-c1cccc(OCc2ccc(Cl)cc2)c1)C(=O)NCc1ccccc1. The highest BCUT2D eigenvalue weighted by Crippen LogP contribution is 2.29. The Bertz CT molecular complexity index is 1670. The van der Waals surface area contributed by atoms with Gasteiger partial charge in [0.2, 0.25) is 0 Å². The summed E-state index contributed by atoms with van der Waals surface area (Å²) in [5.74, 6) is 0.211. The maximum Gasteiger partial charge on any atom is 0.262 e. The van der Waals surface area contributed by atoms with Crippen molar-refractivity contribution in [2.45, 2.75) is 13.2 Å². The molecule has 0 atom stereocenters. The van der Waals surface area contributed by atoms with Gasteiger partial charge < -0.3 is 10.1 Å². The molecule has 0 radical (unpaired) electrons. The van der Waals surface area contributed by atoms with Crippen LogP contribution in [0.5, 0.6) is 5.75 Å². The number of amides is 1. The Morgan fingerprint density at radius 2 is 1.65 bits per heavy atom. The van der Waals surface area contributed by atoms with Gasteiger partial charge in [0, 0.05) is 28.9 Å².